The van der Waals surface area contributed by atoms with Gasteiger partial charge in [-0.05, 0) is 50.7 Å². The molecule has 1 saturated carbocycles. The summed E-state index contributed by atoms with van der Waals surface area (Å²) in [6.45, 7) is 1.27. The number of piperidine rings is 1. The molecule has 5 N–H and O–H groups in total. The number of carbonyl (C=O) groups excluding carboxylic acids is 2. The highest BCUT2D eigenvalue weighted by atomic mass is 35.5. The number of likely N-dealkylation sites (tertiary alicyclic amines) is 1. The number of aromatic nitrogens is 4. The van der Waals surface area contributed by atoms with E-state index in [1.807, 2.05) is 4.57 Å². The quantitative estimate of drug-likeness (QED) is 0.316. The van der Waals surface area contributed by atoms with E-state index in [0.717, 1.165) is 25.7 Å². The van der Waals surface area contributed by atoms with E-state index >= 15 is 0 Å². The zero-order valence-corrected chi connectivity index (χ0v) is 23.7. The Labute approximate surface area is 240 Å². The molecule has 0 radical (unpaired) electrons. The number of primary amides is 1. The predicted octanol–water partition coefficient (Wildman–Crippen LogP) is 4.96. The normalized spacial score (nSPS) is 21.5. The van der Waals surface area contributed by atoms with Gasteiger partial charge in [-0.2, -0.15) is 4.98 Å². The van der Waals surface area contributed by atoms with Crippen LogP contribution in [0.2, 0.25) is 15.1 Å². The number of nitrogens with zero attached hydrogens (tertiary/aromatic N) is 5. The lowest BCUT2D eigenvalue weighted by Crippen LogP contribution is -2.48. The summed E-state index contributed by atoms with van der Waals surface area (Å²) < 4.78 is 2.03. The van der Waals surface area contributed by atoms with E-state index in [2.05, 4.69) is 20.9 Å². The largest absolute Gasteiger partial charge is 0.369 e. The van der Waals surface area contributed by atoms with Gasteiger partial charge in [-0.1, -0.05) is 34.8 Å². The van der Waals surface area contributed by atoms with Crippen molar-refractivity contribution in [3.05, 3.63) is 33.4 Å². The van der Waals surface area contributed by atoms with Gasteiger partial charge in [0.2, 0.25) is 17.8 Å². The van der Waals surface area contributed by atoms with Crippen LogP contribution in [0.5, 0.6) is 0 Å². The van der Waals surface area contributed by atoms with Crippen LogP contribution in [0.3, 0.4) is 0 Å². The van der Waals surface area contributed by atoms with Crippen LogP contribution in [0.1, 0.15) is 44.6 Å². The van der Waals surface area contributed by atoms with E-state index < -0.39 is 0 Å². The first-order valence-corrected chi connectivity index (χ1v) is 14.1. The number of fused-ring (bicyclic) bond motifs is 1. The number of imidazole rings is 1. The highest BCUT2D eigenvalue weighted by Gasteiger charge is 2.30. The Morgan fingerprint density at radius 3 is 2.44 bits per heavy atom. The summed E-state index contributed by atoms with van der Waals surface area (Å²) in [6, 6.07) is 3.14. The molecule has 3 amide bonds. The number of hydrogen-bond donors (Lipinski definition) is 4. The fourth-order valence-electron chi connectivity index (χ4n) is 5.41. The van der Waals surface area contributed by atoms with Gasteiger partial charge in [-0.25, -0.2) is 14.8 Å². The van der Waals surface area contributed by atoms with Gasteiger partial charge < -0.3 is 26.6 Å². The second kappa shape index (κ2) is 11.6. The molecule has 1 saturated heterocycles. The lowest BCUT2D eigenvalue weighted by atomic mass is 9.85. The van der Waals surface area contributed by atoms with Crippen LogP contribution >= 0.6 is 34.8 Å². The molecule has 14 heteroatoms. The van der Waals surface area contributed by atoms with Gasteiger partial charge in [0.15, 0.2) is 5.65 Å². The molecule has 2 aromatic heterocycles. The Balaban J connectivity index is 1.48. The van der Waals surface area contributed by atoms with E-state index in [-0.39, 0.29) is 29.9 Å². The number of carbonyl (C=O) groups is 2. The Bertz CT molecular complexity index is 1370. The van der Waals surface area contributed by atoms with E-state index in [1.54, 1.807) is 30.3 Å². The van der Waals surface area contributed by atoms with Gasteiger partial charge >= 0.3 is 6.03 Å². The third-order valence-electron chi connectivity index (χ3n) is 7.40. The second-order valence-corrected chi connectivity index (χ2v) is 11.2. The SMILES string of the molecule is CNC(=O)N1CCC[C@@H](Nc2ncc3nc(Nc4c(Cl)cc(Cl)cc4Cl)n([C@H]4CC[C@H](C(N)=O)CC4)c3n2)C1. The molecule has 1 aromatic carbocycles. The number of urea groups is 1. The van der Waals surface area contributed by atoms with Crippen molar-refractivity contribution in [2.24, 2.45) is 11.7 Å². The van der Waals surface area contributed by atoms with Crippen LogP contribution in [0.4, 0.5) is 22.4 Å². The molecule has 3 aromatic rings. The third kappa shape index (κ3) is 5.95. The minimum Gasteiger partial charge on any atom is -0.369 e. The molecule has 2 aliphatic rings. The minimum atomic E-state index is -0.269. The molecule has 1 aliphatic carbocycles. The number of nitrogens with two attached hydrogens (primary N) is 1. The van der Waals surface area contributed by atoms with Crippen LogP contribution in [0, 0.1) is 5.92 Å². The zero-order chi connectivity index (χ0) is 27.7. The Kier molecular flexibility index (Phi) is 8.20. The maximum atomic E-state index is 12.1. The number of benzene rings is 1. The van der Waals surface area contributed by atoms with Crippen molar-refractivity contribution in [3.63, 3.8) is 0 Å². The van der Waals surface area contributed by atoms with Gasteiger partial charge in [0.1, 0.15) is 5.52 Å². The monoisotopic (exact) mass is 593 g/mol. The fourth-order valence-corrected chi connectivity index (χ4v) is 6.32. The molecular weight excluding hydrogens is 565 g/mol. The van der Waals surface area contributed by atoms with E-state index in [0.29, 0.717) is 69.7 Å². The Hall–Kier alpha value is -3.02. The average molecular weight is 595 g/mol. The maximum absolute atomic E-state index is 12.1. The van der Waals surface area contributed by atoms with Gasteiger partial charge in [0, 0.05) is 43.2 Å². The molecule has 0 unspecified atom stereocenters. The topological polar surface area (TPSA) is 143 Å². The van der Waals surface area contributed by atoms with Crippen molar-refractivity contribution in [2.45, 2.75) is 50.6 Å². The van der Waals surface area contributed by atoms with Crippen LogP contribution in [0.15, 0.2) is 18.3 Å². The molecule has 0 bridgehead atoms. The molecule has 0 spiro atoms. The molecular formula is C25H30Cl3N9O2. The predicted molar refractivity (Wildman–Crippen MR) is 153 cm³/mol. The van der Waals surface area contributed by atoms with Gasteiger partial charge in [0.05, 0.1) is 21.9 Å². The van der Waals surface area contributed by atoms with Crippen molar-refractivity contribution in [2.75, 3.05) is 30.8 Å². The van der Waals surface area contributed by atoms with Crippen LogP contribution in [-0.4, -0.2) is 62.5 Å². The van der Waals surface area contributed by atoms with E-state index in [9.17, 15) is 9.59 Å². The van der Waals surface area contributed by atoms with Gasteiger partial charge in [-0.3, -0.25) is 9.36 Å². The number of anilines is 3. The summed E-state index contributed by atoms with van der Waals surface area (Å²) in [5.41, 5.74) is 7.29. The molecule has 39 heavy (non-hydrogen) atoms. The number of amides is 3. The van der Waals surface area contributed by atoms with Crippen molar-refractivity contribution in [3.8, 4) is 0 Å². The molecule has 5 rings (SSSR count). The lowest BCUT2D eigenvalue weighted by molar-refractivity contribution is -0.122. The van der Waals surface area contributed by atoms with E-state index in [4.69, 9.17) is 50.5 Å². The molecule has 1 atom stereocenters. The standard InChI is InChI=1S/C25H30Cl3N9O2/c1-30-25(39)36-8-2-3-15(12-36)32-23-31-11-19-22(35-23)37(16-6-4-13(5-7-16)21(29)38)24(33-19)34-20-17(27)9-14(26)10-18(20)28/h9-11,13,15-16H,2-8,12H2,1H3,(H2,29,38)(H,30,39)(H,33,34)(H,31,32,35)/t13-,15-,16-/m1/s1. The number of hydrogen-bond acceptors (Lipinski definition) is 7. The summed E-state index contributed by atoms with van der Waals surface area (Å²) in [6.07, 6.45) is 6.26. The first-order valence-electron chi connectivity index (χ1n) is 12.9. The Morgan fingerprint density at radius 2 is 1.77 bits per heavy atom. The fraction of sp³-hybridized carbons (Fsp3) is 0.480. The van der Waals surface area contributed by atoms with Gasteiger partial charge in [0.25, 0.3) is 0 Å². The highest BCUT2D eigenvalue weighted by Crippen LogP contribution is 2.40. The number of halogens is 3. The van der Waals surface area contributed by atoms with Gasteiger partial charge in [-0.15, -0.1) is 0 Å². The van der Waals surface area contributed by atoms with Crippen molar-refractivity contribution in [1.29, 1.82) is 0 Å². The van der Waals surface area contributed by atoms with Crippen LogP contribution in [0.25, 0.3) is 11.2 Å². The molecule has 11 nitrogen and oxygen atoms in total. The second-order valence-electron chi connectivity index (χ2n) is 9.97. The molecule has 3 heterocycles. The summed E-state index contributed by atoms with van der Waals surface area (Å²) in [5.74, 6) is 0.545. The molecule has 1 aliphatic heterocycles. The van der Waals surface area contributed by atoms with Crippen LogP contribution < -0.4 is 21.7 Å². The van der Waals surface area contributed by atoms with Crippen molar-refractivity contribution in [1.82, 2.24) is 29.7 Å². The minimum absolute atomic E-state index is 0.0131. The average Bonchev–Trinajstić information content (AvgIpc) is 3.27. The highest BCUT2D eigenvalue weighted by molar-refractivity contribution is 6.41. The summed E-state index contributed by atoms with van der Waals surface area (Å²) >= 11 is 19.0. The third-order valence-corrected chi connectivity index (χ3v) is 8.21. The molecule has 2 fully saturated rings. The number of rotatable bonds is 6. The molecule has 208 valence electrons. The van der Waals surface area contributed by atoms with Crippen LogP contribution in [-0.2, 0) is 4.79 Å². The first-order chi connectivity index (χ1) is 18.7. The summed E-state index contributed by atoms with van der Waals surface area (Å²) in [7, 11) is 1.63. The summed E-state index contributed by atoms with van der Waals surface area (Å²) in [5, 5.41) is 10.5. The summed E-state index contributed by atoms with van der Waals surface area (Å²) in [4.78, 5) is 39.8. The Morgan fingerprint density at radius 1 is 1.05 bits per heavy atom. The number of nitrogens with one attached hydrogen (secondary N) is 3. The zero-order valence-electron chi connectivity index (χ0n) is 21.4. The van der Waals surface area contributed by atoms with Crippen molar-refractivity contribution < 1.29 is 9.59 Å². The smallest absolute Gasteiger partial charge is 0.317 e. The maximum Gasteiger partial charge on any atom is 0.317 e. The lowest BCUT2D eigenvalue weighted by Gasteiger charge is -2.32. The first kappa shape index (κ1) is 27.5. The van der Waals surface area contributed by atoms with Crippen molar-refractivity contribution >= 4 is 75.5 Å². The van der Waals surface area contributed by atoms with E-state index in [1.165, 1.54) is 0 Å².